The number of aromatic nitrogens is 3. The van der Waals surface area contributed by atoms with Crippen LogP contribution in [0.5, 0.6) is 0 Å². The van der Waals surface area contributed by atoms with Gasteiger partial charge in [-0.15, -0.1) is 10.2 Å². The maximum Gasteiger partial charge on any atom is 0.195 e. The standard InChI is InChI=1S/C15H20FN5OS/c16-12-1-3-13(4-2-12)21-14(11-17)18-19-15(21)23-10-7-20-5-8-22-9-6-20/h1-4H,5-11,17H2. The first kappa shape index (κ1) is 16.4. The third-order valence-corrected chi connectivity index (χ3v) is 4.62. The van der Waals surface area contributed by atoms with E-state index in [4.69, 9.17) is 10.5 Å². The van der Waals surface area contributed by atoms with Crippen LogP contribution >= 0.6 is 11.8 Å². The lowest BCUT2D eigenvalue weighted by Crippen LogP contribution is -2.37. The Morgan fingerprint density at radius 2 is 1.91 bits per heavy atom. The van der Waals surface area contributed by atoms with Gasteiger partial charge in [-0.3, -0.25) is 9.47 Å². The van der Waals surface area contributed by atoms with Gasteiger partial charge in [0.05, 0.1) is 19.8 Å². The van der Waals surface area contributed by atoms with Crippen molar-refractivity contribution in [2.75, 3.05) is 38.6 Å². The van der Waals surface area contributed by atoms with Crippen molar-refractivity contribution in [3.8, 4) is 5.69 Å². The Bertz CT molecular complexity index is 627. The fourth-order valence-electron chi connectivity index (χ4n) is 2.47. The molecule has 0 bridgehead atoms. The van der Waals surface area contributed by atoms with Gasteiger partial charge in [-0.2, -0.15) is 0 Å². The summed E-state index contributed by atoms with van der Waals surface area (Å²) in [6, 6.07) is 6.28. The van der Waals surface area contributed by atoms with E-state index in [1.54, 1.807) is 23.9 Å². The normalized spacial score (nSPS) is 15.9. The zero-order valence-corrected chi connectivity index (χ0v) is 13.6. The number of rotatable bonds is 6. The van der Waals surface area contributed by atoms with E-state index < -0.39 is 0 Å². The number of benzene rings is 1. The zero-order chi connectivity index (χ0) is 16.1. The number of nitrogens with zero attached hydrogens (tertiary/aromatic N) is 4. The lowest BCUT2D eigenvalue weighted by Gasteiger charge is -2.26. The minimum absolute atomic E-state index is 0.266. The molecule has 1 aromatic heterocycles. The summed E-state index contributed by atoms with van der Waals surface area (Å²) in [4.78, 5) is 2.37. The van der Waals surface area contributed by atoms with Gasteiger partial charge in [-0.1, -0.05) is 11.8 Å². The molecule has 1 saturated heterocycles. The number of morpholine rings is 1. The SMILES string of the molecule is NCc1nnc(SCCN2CCOCC2)n1-c1ccc(F)cc1. The Balaban J connectivity index is 1.69. The van der Waals surface area contributed by atoms with Crippen LogP contribution in [0.15, 0.2) is 29.4 Å². The smallest absolute Gasteiger partial charge is 0.195 e. The average Bonchev–Trinajstić information content (AvgIpc) is 2.99. The molecule has 124 valence electrons. The third kappa shape index (κ3) is 4.08. The van der Waals surface area contributed by atoms with Gasteiger partial charge in [-0.05, 0) is 24.3 Å². The highest BCUT2D eigenvalue weighted by Crippen LogP contribution is 2.22. The molecule has 8 heteroatoms. The van der Waals surface area contributed by atoms with Gasteiger partial charge in [0, 0.05) is 31.1 Å². The van der Waals surface area contributed by atoms with Gasteiger partial charge in [0.25, 0.3) is 0 Å². The summed E-state index contributed by atoms with van der Waals surface area (Å²) in [6.45, 7) is 4.80. The van der Waals surface area contributed by atoms with Crippen molar-refractivity contribution >= 4 is 11.8 Å². The van der Waals surface area contributed by atoms with E-state index in [1.165, 1.54) is 12.1 Å². The number of hydrogen-bond acceptors (Lipinski definition) is 6. The molecule has 1 fully saturated rings. The molecule has 0 radical (unpaired) electrons. The highest BCUT2D eigenvalue weighted by molar-refractivity contribution is 7.99. The lowest BCUT2D eigenvalue weighted by atomic mass is 10.3. The summed E-state index contributed by atoms with van der Waals surface area (Å²) in [5, 5.41) is 9.15. The number of hydrogen-bond donors (Lipinski definition) is 1. The topological polar surface area (TPSA) is 69.2 Å². The van der Waals surface area contributed by atoms with Crippen LogP contribution in [0.4, 0.5) is 4.39 Å². The van der Waals surface area contributed by atoms with E-state index in [0.717, 1.165) is 49.4 Å². The fraction of sp³-hybridized carbons (Fsp3) is 0.467. The Morgan fingerprint density at radius 1 is 1.17 bits per heavy atom. The van der Waals surface area contributed by atoms with Gasteiger partial charge in [0.1, 0.15) is 5.82 Å². The van der Waals surface area contributed by atoms with Crippen LogP contribution in [0.1, 0.15) is 5.82 Å². The number of halogens is 1. The summed E-state index contributed by atoms with van der Waals surface area (Å²) < 4.78 is 20.4. The van der Waals surface area contributed by atoms with E-state index in [9.17, 15) is 4.39 Å². The van der Waals surface area contributed by atoms with Crippen molar-refractivity contribution in [1.29, 1.82) is 0 Å². The van der Waals surface area contributed by atoms with Crippen LogP contribution in [-0.2, 0) is 11.3 Å². The molecule has 1 aromatic carbocycles. The molecule has 2 N–H and O–H groups in total. The van der Waals surface area contributed by atoms with Crippen LogP contribution in [0, 0.1) is 5.82 Å². The van der Waals surface area contributed by atoms with Crippen molar-refractivity contribution in [2.24, 2.45) is 5.73 Å². The number of nitrogens with two attached hydrogens (primary N) is 1. The van der Waals surface area contributed by atoms with Crippen molar-refractivity contribution in [3.05, 3.63) is 35.9 Å². The fourth-order valence-corrected chi connectivity index (χ4v) is 3.44. The Morgan fingerprint density at radius 3 is 2.61 bits per heavy atom. The van der Waals surface area contributed by atoms with Gasteiger partial charge in [-0.25, -0.2) is 4.39 Å². The molecule has 0 aliphatic carbocycles. The monoisotopic (exact) mass is 337 g/mol. The second kappa shape index (κ2) is 7.87. The quantitative estimate of drug-likeness (QED) is 0.801. The molecule has 0 spiro atoms. The molecule has 3 rings (SSSR count). The summed E-state index contributed by atoms with van der Waals surface area (Å²) in [7, 11) is 0. The van der Waals surface area contributed by atoms with Crippen molar-refractivity contribution < 1.29 is 9.13 Å². The van der Waals surface area contributed by atoms with E-state index in [1.807, 2.05) is 4.57 Å². The summed E-state index contributed by atoms with van der Waals surface area (Å²) in [6.07, 6.45) is 0. The molecule has 2 heterocycles. The molecule has 1 aliphatic rings. The lowest BCUT2D eigenvalue weighted by molar-refractivity contribution is 0.0410. The predicted molar refractivity (Wildman–Crippen MR) is 87.2 cm³/mol. The molecule has 0 saturated carbocycles. The molecule has 0 amide bonds. The second-order valence-electron chi connectivity index (χ2n) is 5.22. The minimum atomic E-state index is -0.266. The Hall–Kier alpha value is -1.48. The van der Waals surface area contributed by atoms with E-state index in [2.05, 4.69) is 15.1 Å². The molecule has 0 unspecified atom stereocenters. The summed E-state index contributed by atoms with van der Waals surface area (Å²) >= 11 is 1.63. The molecule has 1 aliphatic heterocycles. The molecule has 2 aromatic rings. The third-order valence-electron chi connectivity index (χ3n) is 3.71. The average molecular weight is 337 g/mol. The van der Waals surface area contributed by atoms with Crippen molar-refractivity contribution in [2.45, 2.75) is 11.7 Å². The molecular weight excluding hydrogens is 317 g/mol. The van der Waals surface area contributed by atoms with Crippen molar-refractivity contribution in [1.82, 2.24) is 19.7 Å². The highest BCUT2D eigenvalue weighted by atomic mass is 32.2. The zero-order valence-electron chi connectivity index (χ0n) is 12.8. The van der Waals surface area contributed by atoms with Crippen LogP contribution in [0.3, 0.4) is 0 Å². The van der Waals surface area contributed by atoms with Crippen LogP contribution in [0.25, 0.3) is 5.69 Å². The molecule has 0 atom stereocenters. The summed E-state index contributed by atoms with van der Waals surface area (Å²) in [5.41, 5.74) is 6.57. The first-order chi connectivity index (χ1) is 11.3. The largest absolute Gasteiger partial charge is 0.379 e. The number of thioether (sulfide) groups is 1. The van der Waals surface area contributed by atoms with E-state index >= 15 is 0 Å². The minimum Gasteiger partial charge on any atom is -0.379 e. The highest BCUT2D eigenvalue weighted by Gasteiger charge is 2.15. The summed E-state index contributed by atoms with van der Waals surface area (Å²) in [5.74, 6) is 1.31. The van der Waals surface area contributed by atoms with Gasteiger partial charge < -0.3 is 10.5 Å². The van der Waals surface area contributed by atoms with Gasteiger partial charge >= 0.3 is 0 Å². The first-order valence-electron chi connectivity index (χ1n) is 7.61. The van der Waals surface area contributed by atoms with Crippen LogP contribution in [-0.4, -0.2) is 58.3 Å². The predicted octanol–water partition coefficient (Wildman–Crippen LogP) is 1.29. The first-order valence-corrected chi connectivity index (χ1v) is 8.59. The molecule has 23 heavy (non-hydrogen) atoms. The van der Waals surface area contributed by atoms with Gasteiger partial charge in [0.2, 0.25) is 0 Å². The Labute approximate surface area is 138 Å². The van der Waals surface area contributed by atoms with E-state index in [-0.39, 0.29) is 12.4 Å². The Kier molecular flexibility index (Phi) is 5.60. The maximum atomic E-state index is 13.1. The number of ether oxygens (including phenoxy) is 1. The van der Waals surface area contributed by atoms with Crippen LogP contribution in [0.2, 0.25) is 0 Å². The van der Waals surface area contributed by atoms with Crippen molar-refractivity contribution in [3.63, 3.8) is 0 Å². The van der Waals surface area contributed by atoms with Gasteiger partial charge in [0.15, 0.2) is 11.0 Å². The molecule has 6 nitrogen and oxygen atoms in total. The van der Waals surface area contributed by atoms with Crippen LogP contribution < -0.4 is 5.73 Å². The van der Waals surface area contributed by atoms with E-state index in [0.29, 0.717) is 5.82 Å². The maximum absolute atomic E-state index is 13.1. The molecular formula is C15H20FN5OS. The second-order valence-corrected chi connectivity index (χ2v) is 6.28.